The van der Waals surface area contributed by atoms with Crippen molar-refractivity contribution in [1.29, 1.82) is 0 Å². The molecule has 0 aromatic heterocycles. The maximum Gasteiger partial charge on any atom is 0.00218 e. The maximum atomic E-state index is 2.66. The molecule has 29 heavy (non-hydrogen) atoms. The highest BCUT2D eigenvalue weighted by atomic mass is 15.1. The first-order chi connectivity index (χ1) is 13.7. The van der Waals surface area contributed by atoms with E-state index in [1.54, 1.807) is 0 Å². The first-order valence-electron chi connectivity index (χ1n) is 11.8. The fourth-order valence-corrected chi connectivity index (χ4v) is 4.08. The van der Waals surface area contributed by atoms with Crippen LogP contribution in [0.5, 0.6) is 0 Å². The minimum absolute atomic E-state index is 0.678. The van der Waals surface area contributed by atoms with E-state index in [1.165, 1.54) is 63.1 Å². The minimum atomic E-state index is 0.678. The molecule has 0 amide bonds. The summed E-state index contributed by atoms with van der Waals surface area (Å²) in [5.74, 6) is 2.13. The summed E-state index contributed by atoms with van der Waals surface area (Å²) in [6, 6.07) is 9.54. The normalized spacial score (nSPS) is 13.4. The molecule has 0 fully saturated rings. The minimum Gasteiger partial charge on any atom is -0.309 e. The van der Waals surface area contributed by atoms with Gasteiger partial charge in [-0.2, -0.15) is 0 Å². The summed E-state index contributed by atoms with van der Waals surface area (Å²) in [5, 5.41) is 0. The van der Waals surface area contributed by atoms with E-state index in [9.17, 15) is 0 Å². The number of hydrogen-bond donors (Lipinski definition) is 0. The van der Waals surface area contributed by atoms with Crippen molar-refractivity contribution < 1.29 is 0 Å². The lowest BCUT2D eigenvalue weighted by Gasteiger charge is -2.25. The molecule has 0 aliphatic carbocycles. The lowest BCUT2D eigenvalue weighted by Crippen LogP contribution is -2.32. The SMILES string of the molecule is CC(C)CC(c1ccc(CCN(CCCN(C)C)CCCN(C)C)cc1)C(C)C. The predicted molar refractivity (Wildman–Crippen MR) is 130 cm³/mol. The van der Waals surface area contributed by atoms with Gasteiger partial charge in [-0.15, -0.1) is 0 Å². The molecule has 0 N–H and O–H groups in total. The van der Waals surface area contributed by atoms with Crippen molar-refractivity contribution in [2.75, 3.05) is 60.9 Å². The van der Waals surface area contributed by atoms with Crippen LogP contribution in [0, 0.1) is 11.8 Å². The molecule has 0 spiro atoms. The van der Waals surface area contributed by atoms with Gasteiger partial charge in [0.2, 0.25) is 0 Å². The Morgan fingerprint density at radius 1 is 0.690 bits per heavy atom. The van der Waals surface area contributed by atoms with Gasteiger partial charge in [-0.3, -0.25) is 0 Å². The Bertz CT molecular complexity index is 505. The Balaban J connectivity index is 2.62. The number of nitrogens with zero attached hydrogens (tertiary/aromatic N) is 3. The predicted octanol–water partition coefficient (Wildman–Crippen LogP) is 5.22. The van der Waals surface area contributed by atoms with Gasteiger partial charge < -0.3 is 14.7 Å². The number of hydrogen-bond acceptors (Lipinski definition) is 3. The van der Waals surface area contributed by atoms with E-state index in [0.717, 1.165) is 12.3 Å². The molecular weight excluding hydrogens is 354 g/mol. The molecule has 0 saturated carbocycles. The monoisotopic (exact) mass is 403 g/mol. The zero-order valence-corrected chi connectivity index (χ0v) is 20.7. The Kier molecular flexibility index (Phi) is 12.8. The quantitative estimate of drug-likeness (QED) is 0.397. The summed E-state index contributed by atoms with van der Waals surface area (Å²) in [6.07, 6.45) is 4.93. The molecule has 3 nitrogen and oxygen atoms in total. The highest BCUT2D eigenvalue weighted by molar-refractivity contribution is 5.26. The first kappa shape index (κ1) is 26.1. The fourth-order valence-electron chi connectivity index (χ4n) is 4.08. The third-order valence-corrected chi connectivity index (χ3v) is 5.81. The van der Waals surface area contributed by atoms with Crippen molar-refractivity contribution in [2.45, 2.75) is 59.3 Å². The van der Waals surface area contributed by atoms with Gasteiger partial charge >= 0.3 is 0 Å². The summed E-state index contributed by atoms with van der Waals surface area (Å²) >= 11 is 0. The Morgan fingerprint density at radius 2 is 1.21 bits per heavy atom. The molecule has 168 valence electrons. The summed E-state index contributed by atoms with van der Waals surface area (Å²) in [4.78, 5) is 7.24. The van der Waals surface area contributed by atoms with Crippen molar-refractivity contribution in [3.05, 3.63) is 35.4 Å². The summed E-state index contributed by atoms with van der Waals surface area (Å²) in [6.45, 7) is 15.3. The highest BCUT2D eigenvalue weighted by Gasteiger charge is 2.17. The molecule has 0 heterocycles. The Morgan fingerprint density at radius 3 is 1.62 bits per heavy atom. The van der Waals surface area contributed by atoms with Gasteiger partial charge in [0.05, 0.1) is 0 Å². The molecular formula is C26H49N3. The largest absolute Gasteiger partial charge is 0.309 e. The molecule has 1 aromatic carbocycles. The molecule has 1 aromatic rings. The van der Waals surface area contributed by atoms with Crippen LogP contribution in [0.25, 0.3) is 0 Å². The molecule has 1 atom stereocenters. The van der Waals surface area contributed by atoms with Gasteiger partial charge in [-0.05, 0) is 109 Å². The molecule has 3 heteroatoms. The molecule has 0 radical (unpaired) electrons. The second-order valence-corrected chi connectivity index (χ2v) is 10.1. The van der Waals surface area contributed by atoms with E-state index in [1.807, 2.05) is 0 Å². The smallest absolute Gasteiger partial charge is 0.00218 e. The molecule has 0 aliphatic rings. The average molecular weight is 404 g/mol. The van der Waals surface area contributed by atoms with Crippen LogP contribution in [0.4, 0.5) is 0 Å². The zero-order valence-electron chi connectivity index (χ0n) is 20.7. The van der Waals surface area contributed by atoms with E-state index in [0.29, 0.717) is 11.8 Å². The van der Waals surface area contributed by atoms with Gasteiger partial charge in [0.15, 0.2) is 0 Å². The van der Waals surface area contributed by atoms with Crippen molar-refractivity contribution in [2.24, 2.45) is 11.8 Å². The standard InChI is InChI=1S/C26H49N3/c1-22(2)21-26(23(3)4)25-13-11-24(12-14-25)15-20-29(18-9-16-27(5)6)19-10-17-28(7)8/h11-14,22-23,26H,9-10,15-21H2,1-8H3. The van der Waals surface area contributed by atoms with Crippen molar-refractivity contribution >= 4 is 0 Å². The van der Waals surface area contributed by atoms with Gasteiger partial charge in [0.1, 0.15) is 0 Å². The maximum absolute atomic E-state index is 2.66. The van der Waals surface area contributed by atoms with Gasteiger partial charge in [0, 0.05) is 6.54 Å². The molecule has 0 saturated heterocycles. The lowest BCUT2D eigenvalue weighted by atomic mass is 9.82. The van der Waals surface area contributed by atoms with Crippen molar-refractivity contribution in [3.8, 4) is 0 Å². The van der Waals surface area contributed by atoms with Gasteiger partial charge in [0.25, 0.3) is 0 Å². The van der Waals surface area contributed by atoms with Gasteiger partial charge in [-0.1, -0.05) is 52.0 Å². The van der Waals surface area contributed by atoms with E-state index < -0.39 is 0 Å². The second kappa shape index (κ2) is 14.2. The molecule has 1 rings (SSSR count). The highest BCUT2D eigenvalue weighted by Crippen LogP contribution is 2.31. The van der Waals surface area contributed by atoms with E-state index in [2.05, 4.69) is 94.9 Å². The number of benzene rings is 1. The van der Waals surface area contributed by atoms with E-state index in [4.69, 9.17) is 0 Å². The number of rotatable bonds is 15. The van der Waals surface area contributed by atoms with Crippen LogP contribution in [0.3, 0.4) is 0 Å². The Hall–Kier alpha value is -0.900. The first-order valence-corrected chi connectivity index (χ1v) is 11.8. The summed E-state index contributed by atoms with van der Waals surface area (Å²) < 4.78 is 0. The van der Waals surface area contributed by atoms with Crippen LogP contribution >= 0.6 is 0 Å². The van der Waals surface area contributed by atoms with E-state index in [-0.39, 0.29) is 0 Å². The van der Waals surface area contributed by atoms with Crippen molar-refractivity contribution in [1.82, 2.24) is 14.7 Å². The van der Waals surface area contributed by atoms with Crippen LogP contribution in [0.1, 0.15) is 64.0 Å². The molecule has 1 unspecified atom stereocenters. The van der Waals surface area contributed by atoms with Crippen molar-refractivity contribution in [3.63, 3.8) is 0 Å². The Labute approximate surface area is 182 Å². The average Bonchev–Trinajstić information content (AvgIpc) is 2.63. The lowest BCUT2D eigenvalue weighted by molar-refractivity contribution is 0.243. The van der Waals surface area contributed by atoms with Gasteiger partial charge in [-0.25, -0.2) is 0 Å². The van der Waals surface area contributed by atoms with Crippen LogP contribution < -0.4 is 0 Å². The van der Waals surface area contributed by atoms with Crippen LogP contribution in [0.15, 0.2) is 24.3 Å². The van der Waals surface area contributed by atoms with Crippen LogP contribution in [-0.2, 0) is 6.42 Å². The summed E-state index contributed by atoms with van der Waals surface area (Å²) in [7, 11) is 8.67. The zero-order chi connectivity index (χ0) is 21.8. The molecule has 0 bridgehead atoms. The third-order valence-electron chi connectivity index (χ3n) is 5.81. The third kappa shape index (κ3) is 11.8. The van der Waals surface area contributed by atoms with Crippen LogP contribution in [-0.4, -0.2) is 75.6 Å². The molecule has 0 aliphatic heterocycles. The topological polar surface area (TPSA) is 9.72 Å². The summed E-state index contributed by atoms with van der Waals surface area (Å²) in [5.41, 5.74) is 3.00. The van der Waals surface area contributed by atoms with E-state index >= 15 is 0 Å². The van der Waals surface area contributed by atoms with Crippen LogP contribution in [0.2, 0.25) is 0 Å². The second-order valence-electron chi connectivity index (χ2n) is 10.1. The fraction of sp³-hybridized carbons (Fsp3) is 0.769.